The van der Waals surface area contributed by atoms with E-state index in [9.17, 15) is 14.7 Å². The lowest BCUT2D eigenvalue weighted by atomic mass is 10.1. The molecule has 3 N–H and O–H groups in total. The minimum absolute atomic E-state index is 0.00162. The van der Waals surface area contributed by atoms with Crippen molar-refractivity contribution in [2.24, 2.45) is 0 Å². The van der Waals surface area contributed by atoms with Gasteiger partial charge in [-0.15, -0.1) is 0 Å². The van der Waals surface area contributed by atoms with E-state index in [0.29, 0.717) is 17.9 Å². The number of aliphatic carboxylic acids is 1. The van der Waals surface area contributed by atoms with Gasteiger partial charge in [-0.05, 0) is 24.6 Å². The summed E-state index contributed by atoms with van der Waals surface area (Å²) in [4.78, 5) is 22.7. The van der Waals surface area contributed by atoms with Gasteiger partial charge in [-0.25, -0.2) is 4.79 Å². The number of carbonyl (C=O) groups is 2. The van der Waals surface area contributed by atoms with Crippen molar-refractivity contribution in [2.75, 3.05) is 0 Å². The summed E-state index contributed by atoms with van der Waals surface area (Å²) in [6.45, 7) is 1.82. The first-order valence-electron chi connectivity index (χ1n) is 5.48. The van der Waals surface area contributed by atoms with E-state index < -0.39 is 17.9 Å². The number of phenols is 1. The highest BCUT2D eigenvalue weighted by Crippen LogP contribution is 2.21. The van der Waals surface area contributed by atoms with Crippen LogP contribution in [0.2, 0.25) is 5.02 Å². The Balaban J connectivity index is 2.83. The fourth-order valence-electron chi connectivity index (χ4n) is 1.48. The van der Waals surface area contributed by atoms with E-state index in [1.807, 2.05) is 6.92 Å². The maximum Gasteiger partial charge on any atom is 0.326 e. The number of halogens is 1. The van der Waals surface area contributed by atoms with E-state index >= 15 is 0 Å². The van der Waals surface area contributed by atoms with E-state index in [1.54, 1.807) is 0 Å². The zero-order valence-corrected chi connectivity index (χ0v) is 10.6. The Labute approximate surface area is 109 Å². The fourth-order valence-corrected chi connectivity index (χ4v) is 1.65. The molecule has 0 spiro atoms. The Hall–Kier alpha value is -1.75. The Kier molecular flexibility index (Phi) is 4.97. The van der Waals surface area contributed by atoms with E-state index in [2.05, 4.69) is 5.32 Å². The first-order valence-corrected chi connectivity index (χ1v) is 5.85. The molecule has 1 rings (SSSR count). The molecule has 0 radical (unpaired) electrons. The molecule has 0 heterocycles. The Morgan fingerprint density at radius 3 is 2.61 bits per heavy atom. The third-order valence-electron chi connectivity index (χ3n) is 2.39. The van der Waals surface area contributed by atoms with Crippen molar-refractivity contribution < 1.29 is 19.8 Å². The van der Waals surface area contributed by atoms with E-state index in [-0.39, 0.29) is 11.3 Å². The van der Waals surface area contributed by atoms with Crippen LogP contribution >= 0.6 is 11.6 Å². The second-order valence-electron chi connectivity index (χ2n) is 3.81. The number of carbonyl (C=O) groups excluding carboxylic acids is 1. The standard InChI is InChI=1S/C12H14ClNO4/c1-2-3-9(12(17)18)14-11(16)8-5-4-7(13)6-10(8)15/h4-6,9,15H,2-3H2,1H3,(H,14,16)(H,17,18)/t9-/m1/s1. The van der Waals surface area contributed by atoms with Crippen LogP contribution in [0.3, 0.4) is 0 Å². The summed E-state index contributed by atoms with van der Waals surface area (Å²) in [6, 6.07) is 3.06. The van der Waals surface area contributed by atoms with Gasteiger partial charge in [-0.2, -0.15) is 0 Å². The van der Waals surface area contributed by atoms with Gasteiger partial charge in [-0.1, -0.05) is 24.9 Å². The molecule has 1 atom stereocenters. The van der Waals surface area contributed by atoms with Gasteiger partial charge in [0, 0.05) is 5.02 Å². The average Bonchev–Trinajstić information content (AvgIpc) is 2.27. The first kappa shape index (κ1) is 14.3. The zero-order chi connectivity index (χ0) is 13.7. The second kappa shape index (κ2) is 6.26. The van der Waals surface area contributed by atoms with Crippen LogP contribution in [0, 0.1) is 0 Å². The van der Waals surface area contributed by atoms with Crippen molar-refractivity contribution in [1.29, 1.82) is 0 Å². The number of hydrogen-bond donors (Lipinski definition) is 3. The van der Waals surface area contributed by atoms with E-state index in [1.165, 1.54) is 18.2 Å². The Bertz CT molecular complexity index is 461. The van der Waals surface area contributed by atoms with Gasteiger partial charge in [0.15, 0.2) is 0 Å². The van der Waals surface area contributed by atoms with Crippen molar-refractivity contribution in [3.8, 4) is 5.75 Å². The molecule has 0 bridgehead atoms. The van der Waals surface area contributed by atoms with Crippen LogP contribution in [-0.2, 0) is 4.79 Å². The molecule has 0 aliphatic rings. The van der Waals surface area contributed by atoms with Gasteiger partial charge in [0.25, 0.3) is 5.91 Å². The topological polar surface area (TPSA) is 86.6 Å². The minimum Gasteiger partial charge on any atom is -0.507 e. The van der Waals surface area contributed by atoms with Crippen molar-refractivity contribution in [3.05, 3.63) is 28.8 Å². The van der Waals surface area contributed by atoms with E-state index in [4.69, 9.17) is 16.7 Å². The fraction of sp³-hybridized carbons (Fsp3) is 0.333. The monoisotopic (exact) mass is 271 g/mol. The molecule has 1 aromatic carbocycles. The number of phenolic OH excluding ortho intramolecular Hbond substituents is 1. The number of carboxylic acid groups (broad SMARTS) is 1. The summed E-state index contributed by atoms with van der Waals surface area (Å²) in [5.41, 5.74) is 0.00162. The summed E-state index contributed by atoms with van der Waals surface area (Å²) in [5, 5.41) is 21.1. The molecule has 0 saturated carbocycles. The smallest absolute Gasteiger partial charge is 0.326 e. The molecule has 5 nitrogen and oxygen atoms in total. The SMILES string of the molecule is CCC[C@@H](NC(=O)c1ccc(Cl)cc1O)C(=O)O. The summed E-state index contributed by atoms with van der Waals surface area (Å²) >= 11 is 5.64. The molecule has 0 aliphatic carbocycles. The predicted octanol–water partition coefficient (Wildman–Crippen LogP) is 2.03. The molecule has 0 unspecified atom stereocenters. The molecule has 0 saturated heterocycles. The number of aromatic hydroxyl groups is 1. The zero-order valence-electron chi connectivity index (χ0n) is 9.81. The first-order chi connectivity index (χ1) is 8.45. The van der Waals surface area contributed by atoms with Gasteiger partial charge >= 0.3 is 5.97 Å². The second-order valence-corrected chi connectivity index (χ2v) is 4.25. The lowest BCUT2D eigenvalue weighted by Crippen LogP contribution is -2.40. The summed E-state index contributed by atoms with van der Waals surface area (Å²) in [5.74, 6) is -2.01. The molecule has 6 heteroatoms. The number of benzene rings is 1. The molecule has 1 amide bonds. The predicted molar refractivity (Wildman–Crippen MR) is 66.9 cm³/mol. The number of rotatable bonds is 5. The largest absolute Gasteiger partial charge is 0.507 e. The van der Waals surface area contributed by atoms with Crippen molar-refractivity contribution in [2.45, 2.75) is 25.8 Å². The third-order valence-corrected chi connectivity index (χ3v) is 2.62. The maximum absolute atomic E-state index is 11.8. The number of hydrogen-bond acceptors (Lipinski definition) is 3. The lowest BCUT2D eigenvalue weighted by molar-refractivity contribution is -0.139. The van der Waals surface area contributed by atoms with Crippen LogP contribution in [0.15, 0.2) is 18.2 Å². The Morgan fingerprint density at radius 2 is 2.11 bits per heavy atom. The number of nitrogens with one attached hydrogen (secondary N) is 1. The van der Waals surface area contributed by atoms with Crippen LogP contribution in [-0.4, -0.2) is 28.1 Å². The third kappa shape index (κ3) is 3.63. The Morgan fingerprint density at radius 1 is 1.44 bits per heavy atom. The van der Waals surface area contributed by atoms with Gasteiger partial charge in [0.2, 0.25) is 0 Å². The normalized spacial score (nSPS) is 11.9. The van der Waals surface area contributed by atoms with Crippen molar-refractivity contribution in [3.63, 3.8) is 0 Å². The number of amides is 1. The lowest BCUT2D eigenvalue weighted by Gasteiger charge is -2.14. The molecule has 0 aliphatic heterocycles. The molecule has 18 heavy (non-hydrogen) atoms. The van der Waals surface area contributed by atoms with Gasteiger partial charge < -0.3 is 15.5 Å². The molecular formula is C12H14ClNO4. The van der Waals surface area contributed by atoms with Crippen LogP contribution in [0.25, 0.3) is 0 Å². The minimum atomic E-state index is -1.10. The summed E-state index contributed by atoms with van der Waals surface area (Å²) < 4.78 is 0. The van der Waals surface area contributed by atoms with Crippen LogP contribution in [0.5, 0.6) is 5.75 Å². The highest BCUT2D eigenvalue weighted by molar-refractivity contribution is 6.30. The van der Waals surface area contributed by atoms with Gasteiger partial charge in [-0.3, -0.25) is 4.79 Å². The van der Waals surface area contributed by atoms with Gasteiger partial charge in [0.1, 0.15) is 11.8 Å². The highest BCUT2D eigenvalue weighted by Gasteiger charge is 2.21. The van der Waals surface area contributed by atoms with Crippen molar-refractivity contribution >= 4 is 23.5 Å². The molecule has 1 aromatic rings. The average molecular weight is 272 g/mol. The summed E-state index contributed by atoms with van der Waals surface area (Å²) in [6.07, 6.45) is 0.958. The van der Waals surface area contributed by atoms with Gasteiger partial charge in [0.05, 0.1) is 5.56 Å². The van der Waals surface area contributed by atoms with E-state index in [0.717, 1.165) is 0 Å². The molecular weight excluding hydrogens is 258 g/mol. The summed E-state index contributed by atoms with van der Waals surface area (Å²) in [7, 11) is 0. The van der Waals surface area contributed by atoms with Crippen LogP contribution < -0.4 is 5.32 Å². The number of carboxylic acids is 1. The highest BCUT2D eigenvalue weighted by atomic mass is 35.5. The molecule has 0 fully saturated rings. The van der Waals surface area contributed by atoms with Crippen molar-refractivity contribution in [1.82, 2.24) is 5.32 Å². The maximum atomic E-state index is 11.8. The van der Waals surface area contributed by atoms with Crippen LogP contribution in [0.1, 0.15) is 30.1 Å². The quantitative estimate of drug-likeness (QED) is 0.765. The molecule has 0 aromatic heterocycles. The molecule has 98 valence electrons. The van der Waals surface area contributed by atoms with Crippen LogP contribution in [0.4, 0.5) is 0 Å².